The second-order valence-corrected chi connectivity index (χ2v) is 6.52. The summed E-state index contributed by atoms with van der Waals surface area (Å²) < 4.78 is 22.8. The average Bonchev–Trinajstić information content (AvgIpc) is 2.33. The SMILES string of the molecule is NCC(c1ccncc1)N1CCS(=O)(=O)CC1. The first kappa shape index (κ1) is 12.5. The molecular weight excluding hydrogens is 238 g/mol. The van der Waals surface area contributed by atoms with E-state index in [-0.39, 0.29) is 17.5 Å². The van der Waals surface area contributed by atoms with Crippen LogP contribution in [0.2, 0.25) is 0 Å². The minimum atomic E-state index is -2.83. The molecule has 0 saturated carbocycles. The van der Waals surface area contributed by atoms with Crippen LogP contribution in [0.4, 0.5) is 0 Å². The summed E-state index contributed by atoms with van der Waals surface area (Å²) in [4.78, 5) is 6.11. The molecule has 1 aliphatic rings. The van der Waals surface area contributed by atoms with Crippen molar-refractivity contribution in [2.24, 2.45) is 5.73 Å². The van der Waals surface area contributed by atoms with Gasteiger partial charge < -0.3 is 5.73 Å². The van der Waals surface area contributed by atoms with Crippen LogP contribution in [0.1, 0.15) is 11.6 Å². The van der Waals surface area contributed by atoms with Crippen molar-refractivity contribution < 1.29 is 8.42 Å². The molecule has 1 fully saturated rings. The Morgan fingerprint density at radius 2 is 1.88 bits per heavy atom. The summed E-state index contributed by atoms with van der Waals surface area (Å²) in [7, 11) is -2.83. The van der Waals surface area contributed by atoms with Gasteiger partial charge in [0.15, 0.2) is 9.84 Å². The number of hydrogen-bond donors (Lipinski definition) is 1. The maximum absolute atomic E-state index is 11.4. The molecule has 17 heavy (non-hydrogen) atoms. The lowest BCUT2D eigenvalue weighted by molar-refractivity contribution is 0.218. The van der Waals surface area contributed by atoms with Crippen LogP contribution >= 0.6 is 0 Å². The number of nitrogens with zero attached hydrogens (tertiary/aromatic N) is 2. The first-order valence-electron chi connectivity index (χ1n) is 5.67. The van der Waals surface area contributed by atoms with Crippen LogP contribution in [-0.4, -0.2) is 49.4 Å². The van der Waals surface area contributed by atoms with Crippen molar-refractivity contribution in [3.8, 4) is 0 Å². The van der Waals surface area contributed by atoms with Crippen molar-refractivity contribution in [2.75, 3.05) is 31.1 Å². The van der Waals surface area contributed by atoms with Gasteiger partial charge in [0.05, 0.1) is 11.5 Å². The van der Waals surface area contributed by atoms with Crippen LogP contribution in [-0.2, 0) is 9.84 Å². The van der Waals surface area contributed by atoms with E-state index in [1.807, 2.05) is 12.1 Å². The lowest BCUT2D eigenvalue weighted by atomic mass is 10.1. The van der Waals surface area contributed by atoms with Crippen molar-refractivity contribution in [3.05, 3.63) is 30.1 Å². The van der Waals surface area contributed by atoms with Gasteiger partial charge in [0, 0.05) is 38.1 Å². The van der Waals surface area contributed by atoms with Crippen LogP contribution in [0.5, 0.6) is 0 Å². The van der Waals surface area contributed by atoms with E-state index in [9.17, 15) is 8.42 Å². The Bertz CT molecular complexity index is 447. The number of sulfone groups is 1. The smallest absolute Gasteiger partial charge is 0.152 e. The number of rotatable bonds is 3. The largest absolute Gasteiger partial charge is 0.329 e. The van der Waals surface area contributed by atoms with Crippen LogP contribution in [0.25, 0.3) is 0 Å². The molecule has 1 aromatic heterocycles. The zero-order valence-electron chi connectivity index (χ0n) is 9.62. The average molecular weight is 255 g/mol. The molecule has 2 N–H and O–H groups in total. The Hall–Kier alpha value is -0.980. The van der Waals surface area contributed by atoms with Gasteiger partial charge in [-0.25, -0.2) is 8.42 Å². The summed E-state index contributed by atoms with van der Waals surface area (Å²) in [5.74, 6) is 0.461. The third-order valence-electron chi connectivity index (χ3n) is 3.13. The zero-order valence-corrected chi connectivity index (χ0v) is 10.4. The molecule has 94 valence electrons. The summed E-state index contributed by atoms with van der Waals surface area (Å²) in [6.45, 7) is 1.61. The fourth-order valence-corrected chi connectivity index (χ4v) is 3.35. The normalized spacial score (nSPS) is 22.2. The van der Waals surface area contributed by atoms with Crippen molar-refractivity contribution in [1.29, 1.82) is 0 Å². The van der Waals surface area contributed by atoms with Crippen molar-refractivity contribution in [3.63, 3.8) is 0 Å². The minimum Gasteiger partial charge on any atom is -0.329 e. The molecule has 0 spiro atoms. The van der Waals surface area contributed by atoms with E-state index >= 15 is 0 Å². The summed E-state index contributed by atoms with van der Waals surface area (Å²) in [5, 5.41) is 0. The molecule has 1 aromatic rings. The number of nitrogens with two attached hydrogens (primary N) is 1. The Balaban J connectivity index is 2.11. The van der Waals surface area contributed by atoms with E-state index in [0.717, 1.165) is 5.56 Å². The Morgan fingerprint density at radius 1 is 1.29 bits per heavy atom. The maximum atomic E-state index is 11.4. The fourth-order valence-electron chi connectivity index (χ4n) is 2.12. The van der Waals surface area contributed by atoms with Gasteiger partial charge in [-0.3, -0.25) is 9.88 Å². The molecule has 0 radical (unpaired) electrons. The molecule has 2 rings (SSSR count). The van der Waals surface area contributed by atoms with E-state index in [2.05, 4.69) is 9.88 Å². The van der Waals surface area contributed by atoms with Gasteiger partial charge >= 0.3 is 0 Å². The summed E-state index contributed by atoms with van der Waals surface area (Å²) in [6.07, 6.45) is 3.47. The van der Waals surface area contributed by atoms with Crippen molar-refractivity contribution in [1.82, 2.24) is 9.88 Å². The minimum absolute atomic E-state index is 0.0912. The van der Waals surface area contributed by atoms with Gasteiger partial charge in [0.1, 0.15) is 0 Å². The summed E-state index contributed by atoms with van der Waals surface area (Å²) >= 11 is 0. The molecule has 1 aliphatic heterocycles. The molecule has 1 unspecified atom stereocenters. The van der Waals surface area contributed by atoms with Gasteiger partial charge in [-0.05, 0) is 17.7 Å². The van der Waals surface area contributed by atoms with Crippen LogP contribution in [0, 0.1) is 0 Å². The van der Waals surface area contributed by atoms with Gasteiger partial charge in [0.2, 0.25) is 0 Å². The summed E-state index contributed by atoms with van der Waals surface area (Å²) in [6, 6.07) is 3.95. The molecule has 0 amide bonds. The van der Waals surface area contributed by atoms with Crippen LogP contribution in [0.15, 0.2) is 24.5 Å². The predicted molar refractivity (Wildman–Crippen MR) is 66.3 cm³/mol. The lowest BCUT2D eigenvalue weighted by Gasteiger charge is -2.33. The van der Waals surface area contributed by atoms with E-state index in [0.29, 0.717) is 19.6 Å². The zero-order chi connectivity index (χ0) is 12.3. The van der Waals surface area contributed by atoms with E-state index in [1.54, 1.807) is 12.4 Å². The predicted octanol–water partition coefficient (Wildman–Crippen LogP) is -0.188. The van der Waals surface area contributed by atoms with E-state index in [4.69, 9.17) is 5.73 Å². The highest BCUT2D eigenvalue weighted by Crippen LogP contribution is 2.20. The topological polar surface area (TPSA) is 76.3 Å². The van der Waals surface area contributed by atoms with Crippen molar-refractivity contribution >= 4 is 9.84 Å². The number of pyridine rings is 1. The molecular formula is C11H17N3O2S. The Labute approximate surface area is 102 Å². The molecule has 2 heterocycles. The molecule has 5 nitrogen and oxygen atoms in total. The molecule has 0 aliphatic carbocycles. The third-order valence-corrected chi connectivity index (χ3v) is 4.74. The quantitative estimate of drug-likeness (QED) is 0.810. The van der Waals surface area contributed by atoms with Crippen LogP contribution < -0.4 is 5.73 Å². The molecule has 0 bridgehead atoms. The highest BCUT2D eigenvalue weighted by atomic mass is 32.2. The Morgan fingerprint density at radius 3 is 2.41 bits per heavy atom. The summed E-state index contributed by atoms with van der Waals surface area (Å²) in [5.41, 5.74) is 6.89. The first-order valence-corrected chi connectivity index (χ1v) is 7.49. The second-order valence-electron chi connectivity index (χ2n) is 4.22. The second kappa shape index (κ2) is 5.12. The number of hydrogen-bond acceptors (Lipinski definition) is 5. The first-order chi connectivity index (χ1) is 8.12. The van der Waals surface area contributed by atoms with Crippen LogP contribution in [0.3, 0.4) is 0 Å². The van der Waals surface area contributed by atoms with E-state index in [1.165, 1.54) is 0 Å². The Kier molecular flexibility index (Phi) is 3.76. The monoisotopic (exact) mass is 255 g/mol. The highest BCUT2D eigenvalue weighted by Gasteiger charge is 2.27. The van der Waals surface area contributed by atoms with Gasteiger partial charge in [-0.2, -0.15) is 0 Å². The van der Waals surface area contributed by atoms with Gasteiger partial charge in [-0.15, -0.1) is 0 Å². The standard InChI is InChI=1S/C11H17N3O2S/c12-9-11(10-1-3-13-4-2-10)14-5-7-17(15,16)8-6-14/h1-4,11H,5-9,12H2. The van der Waals surface area contributed by atoms with E-state index < -0.39 is 9.84 Å². The van der Waals surface area contributed by atoms with Gasteiger partial charge in [0.25, 0.3) is 0 Å². The lowest BCUT2D eigenvalue weighted by Crippen LogP contribution is -2.44. The van der Waals surface area contributed by atoms with Gasteiger partial charge in [-0.1, -0.05) is 0 Å². The fraction of sp³-hybridized carbons (Fsp3) is 0.545. The maximum Gasteiger partial charge on any atom is 0.152 e. The molecule has 6 heteroatoms. The molecule has 1 saturated heterocycles. The van der Waals surface area contributed by atoms with Crippen molar-refractivity contribution in [2.45, 2.75) is 6.04 Å². The highest BCUT2D eigenvalue weighted by molar-refractivity contribution is 7.91. The molecule has 1 atom stereocenters. The molecule has 0 aromatic carbocycles. The number of aromatic nitrogens is 1. The third kappa shape index (κ3) is 3.02.